The highest BCUT2D eigenvalue weighted by molar-refractivity contribution is 6.03. The van der Waals surface area contributed by atoms with Crippen LogP contribution in [0.15, 0.2) is 46.9 Å². The molecule has 152 valence electrons. The first-order valence-corrected chi connectivity index (χ1v) is 8.78. The lowest BCUT2D eigenvalue weighted by atomic mass is 10.1. The number of nitrogens with zero attached hydrogens (tertiary/aromatic N) is 1. The van der Waals surface area contributed by atoms with Crippen molar-refractivity contribution in [3.05, 3.63) is 59.5 Å². The van der Waals surface area contributed by atoms with Crippen molar-refractivity contribution in [1.82, 2.24) is 4.98 Å². The summed E-state index contributed by atoms with van der Waals surface area (Å²) in [6.45, 7) is 0. The van der Waals surface area contributed by atoms with Gasteiger partial charge in [0.25, 0.3) is 5.91 Å². The van der Waals surface area contributed by atoms with E-state index in [1.807, 2.05) is 18.2 Å². The number of rotatable bonds is 8. The van der Waals surface area contributed by atoms with Crippen molar-refractivity contribution in [2.24, 2.45) is 0 Å². The maximum atomic E-state index is 12.6. The van der Waals surface area contributed by atoms with Gasteiger partial charge in [-0.15, -0.1) is 0 Å². The first kappa shape index (κ1) is 20.1. The van der Waals surface area contributed by atoms with Crippen LogP contribution >= 0.6 is 0 Å². The Kier molecular flexibility index (Phi) is 6.23. The summed E-state index contributed by atoms with van der Waals surface area (Å²) >= 11 is 0. The van der Waals surface area contributed by atoms with Gasteiger partial charge in [-0.25, -0.2) is 0 Å². The third-order valence-electron chi connectivity index (χ3n) is 4.22. The van der Waals surface area contributed by atoms with Gasteiger partial charge in [-0.3, -0.25) is 4.79 Å². The second-order valence-electron chi connectivity index (χ2n) is 5.99. The fourth-order valence-corrected chi connectivity index (χ4v) is 2.77. The van der Waals surface area contributed by atoms with Crippen molar-refractivity contribution in [3.8, 4) is 23.3 Å². The van der Waals surface area contributed by atoms with Crippen LogP contribution in [0.3, 0.4) is 0 Å². The molecule has 3 rings (SSSR count). The monoisotopic (exact) mass is 398 g/mol. The molecule has 0 aliphatic carbocycles. The van der Waals surface area contributed by atoms with Crippen LogP contribution in [0.25, 0.3) is 0 Å². The van der Waals surface area contributed by atoms with Crippen LogP contribution < -0.4 is 24.3 Å². The van der Waals surface area contributed by atoms with Gasteiger partial charge in [0, 0.05) is 18.1 Å². The number of carbonyl (C=O) groups is 1. The van der Waals surface area contributed by atoms with E-state index in [9.17, 15) is 4.79 Å². The van der Waals surface area contributed by atoms with Crippen molar-refractivity contribution >= 4 is 11.6 Å². The van der Waals surface area contributed by atoms with E-state index in [0.717, 1.165) is 5.56 Å². The molecule has 1 amide bonds. The molecule has 0 saturated heterocycles. The average molecular weight is 398 g/mol. The predicted molar refractivity (Wildman–Crippen MR) is 106 cm³/mol. The maximum Gasteiger partial charge on any atom is 0.291 e. The molecular formula is C21H22N2O6. The number of methoxy groups -OCH3 is 4. The van der Waals surface area contributed by atoms with Gasteiger partial charge < -0.3 is 28.7 Å². The summed E-state index contributed by atoms with van der Waals surface area (Å²) in [7, 11) is 6.16. The molecule has 0 aliphatic rings. The Bertz CT molecular complexity index is 999. The van der Waals surface area contributed by atoms with Crippen LogP contribution in [-0.2, 0) is 6.42 Å². The van der Waals surface area contributed by atoms with Gasteiger partial charge in [0.15, 0.2) is 5.76 Å². The van der Waals surface area contributed by atoms with Crippen molar-refractivity contribution < 1.29 is 28.2 Å². The van der Waals surface area contributed by atoms with Crippen LogP contribution in [-0.4, -0.2) is 39.3 Å². The number of anilines is 1. The van der Waals surface area contributed by atoms with Gasteiger partial charge in [0.1, 0.15) is 22.9 Å². The van der Waals surface area contributed by atoms with E-state index in [4.69, 9.17) is 23.4 Å². The molecule has 8 heteroatoms. The molecule has 0 aliphatic heterocycles. The van der Waals surface area contributed by atoms with Crippen LogP contribution in [0.5, 0.6) is 23.3 Å². The number of benzene rings is 1. The lowest BCUT2D eigenvalue weighted by Gasteiger charge is -2.10. The molecule has 0 bridgehead atoms. The van der Waals surface area contributed by atoms with E-state index in [2.05, 4.69) is 10.3 Å². The fraction of sp³-hybridized carbons (Fsp3) is 0.238. The lowest BCUT2D eigenvalue weighted by Crippen LogP contribution is -2.12. The predicted octanol–water partition coefficient (Wildman–Crippen LogP) is 3.55. The highest BCUT2D eigenvalue weighted by Crippen LogP contribution is 2.28. The van der Waals surface area contributed by atoms with E-state index in [1.54, 1.807) is 38.5 Å². The molecule has 29 heavy (non-hydrogen) atoms. The number of hydrogen-bond acceptors (Lipinski definition) is 7. The first-order chi connectivity index (χ1) is 14.1. The molecule has 0 spiro atoms. The largest absolute Gasteiger partial charge is 0.497 e. The summed E-state index contributed by atoms with van der Waals surface area (Å²) < 4.78 is 26.6. The molecule has 0 unspecified atom stereocenters. The van der Waals surface area contributed by atoms with Gasteiger partial charge in [-0.2, -0.15) is 4.98 Å². The quantitative estimate of drug-likeness (QED) is 0.620. The summed E-state index contributed by atoms with van der Waals surface area (Å²) in [6, 6.07) is 12.1. The molecule has 8 nitrogen and oxygen atoms in total. The summed E-state index contributed by atoms with van der Waals surface area (Å²) in [4.78, 5) is 16.7. The number of nitrogens with one attached hydrogen (secondary N) is 1. The third kappa shape index (κ3) is 4.60. The van der Waals surface area contributed by atoms with Crippen LogP contribution in [0, 0.1) is 0 Å². The van der Waals surface area contributed by atoms with Gasteiger partial charge in [-0.05, 0) is 36.4 Å². The normalized spacial score (nSPS) is 10.3. The number of furan rings is 1. The zero-order valence-corrected chi connectivity index (χ0v) is 16.6. The number of hydrogen-bond donors (Lipinski definition) is 1. The van der Waals surface area contributed by atoms with Gasteiger partial charge in [-0.1, -0.05) is 0 Å². The number of aromatic nitrogens is 1. The fourth-order valence-electron chi connectivity index (χ4n) is 2.77. The smallest absolute Gasteiger partial charge is 0.291 e. The Hall–Kier alpha value is -3.68. The second kappa shape index (κ2) is 9.01. The second-order valence-corrected chi connectivity index (χ2v) is 5.99. The van der Waals surface area contributed by atoms with Crippen LogP contribution in [0.4, 0.5) is 5.69 Å². The Labute approximate surface area is 168 Å². The minimum absolute atomic E-state index is 0.166. The molecule has 1 aromatic carbocycles. The molecule has 3 aromatic rings. The van der Waals surface area contributed by atoms with Gasteiger partial charge in [0.2, 0.25) is 11.8 Å². The molecule has 0 radical (unpaired) electrons. The Morgan fingerprint density at radius 1 is 0.966 bits per heavy atom. The first-order valence-electron chi connectivity index (χ1n) is 8.78. The van der Waals surface area contributed by atoms with Crippen molar-refractivity contribution in [1.29, 1.82) is 0 Å². The molecule has 0 saturated carbocycles. The minimum Gasteiger partial charge on any atom is -0.497 e. The summed E-state index contributed by atoms with van der Waals surface area (Å²) in [5, 5.41) is 2.73. The molecule has 2 heterocycles. The maximum absolute atomic E-state index is 12.6. The molecule has 0 fully saturated rings. The van der Waals surface area contributed by atoms with Gasteiger partial charge >= 0.3 is 0 Å². The molecule has 1 N–H and O–H groups in total. The minimum atomic E-state index is -0.417. The van der Waals surface area contributed by atoms with E-state index >= 15 is 0 Å². The zero-order chi connectivity index (χ0) is 20.8. The standard InChI is InChI=1S/C21H22N2O6/c1-25-14-5-8-17(26-2)13(11-14)12-15-6-9-18(29-15)20(24)22-16-7-10-19(27-3)23-21(16)28-4/h5-11H,12H2,1-4H3,(H,22,24). The van der Waals surface area contributed by atoms with Crippen molar-refractivity contribution in [2.45, 2.75) is 6.42 Å². The highest BCUT2D eigenvalue weighted by Gasteiger charge is 2.16. The average Bonchev–Trinajstić information content (AvgIpc) is 3.22. The van der Waals surface area contributed by atoms with E-state index in [1.165, 1.54) is 14.2 Å². The summed E-state index contributed by atoms with van der Waals surface area (Å²) in [5.74, 6) is 2.41. The zero-order valence-electron chi connectivity index (χ0n) is 16.6. The topological polar surface area (TPSA) is 92.1 Å². The van der Waals surface area contributed by atoms with E-state index < -0.39 is 5.91 Å². The van der Waals surface area contributed by atoms with Crippen molar-refractivity contribution in [3.63, 3.8) is 0 Å². The summed E-state index contributed by atoms with van der Waals surface area (Å²) in [6.07, 6.45) is 0.446. The molecular weight excluding hydrogens is 376 g/mol. The number of carbonyl (C=O) groups excluding carboxylic acids is 1. The SMILES string of the molecule is COc1ccc(OC)c(Cc2ccc(C(=O)Nc3ccc(OC)nc3OC)o2)c1. The Morgan fingerprint density at radius 2 is 1.79 bits per heavy atom. The van der Waals surface area contributed by atoms with E-state index in [-0.39, 0.29) is 11.6 Å². The van der Waals surface area contributed by atoms with Crippen molar-refractivity contribution in [2.75, 3.05) is 33.8 Å². The van der Waals surface area contributed by atoms with Crippen LogP contribution in [0.2, 0.25) is 0 Å². The highest BCUT2D eigenvalue weighted by atomic mass is 16.5. The summed E-state index contributed by atoms with van der Waals surface area (Å²) in [5.41, 5.74) is 1.29. The third-order valence-corrected chi connectivity index (χ3v) is 4.22. The molecule has 0 atom stereocenters. The van der Waals surface area contributed by atoms with Crippen LogP contribution in [0.1, 0.15) is 21.9 Å². The Morgan fingerprint density at radius 3 is 2.48 bits per heavy atom. The van der Waals surface area contributed by atoms with E-state index in [0.29, 0.717) is 35.2 Å². The lowest BCUT2D eigenvalue weighted by molar-refractivity contribution is 0.0994. The van der Waals surface area contributed by atoms with Gasteiger partial charge in [0.05, 0.1) is 28.4 Å². The Balaban J connectivity index is 1.76. The molecule has 2 aromatic heterocycles. The number of pyridine rings is 1. The number of amides is 1. The number of ether oxygens (including phenoxy) is 4.